The highest BCUT2D eigenvalue weighted by Gasteiger charge is 2.39. The first-order valence-electron chi connectivity index (χ1n) is 8.22. The van der Waals surface area contributed by atoms with Crippen molar-refractivity contribution in [2.45, 2.75) is 18.0 Å². The summed E-state index contributed by atoms with van der Waals surface area (Å²) in [4.78, 5) is 15.7. The standard InChI is InChI=1S/C17H18F3N3O4S/c1-16(8-27-9-16)10-28(25,26)11-6-12(23(2)7-11)15(24)22-14-5-3-4-13(21-14)17(18,19)20/h3-7H,8-10H2,1-2H3,(H,21,22,24). The number of ether oxygens (including phenoxy) is 1. The van der Waals surface area contributed by atoms with E-state index in [-0.39, 0.29) is 22.2 Å². The van der Waals surface area contributed by atoms with Crippen LogP contribution >= 0.6 is 0 Å². The summed E-state index contributed by atoms with van der Waals surface area (Å²) in [5.41, 5.74) is -1.64. The van der Waals surface area contributed by atoms with Crippen molar-refractivity contribution in [2.24, 2.45) is 12.5 Å². The summed E-state index contributed by atoms with van der Waals surface area (Å²) in [5.74, 6) is -1.18. The lowest BCUT2D eigenvalue weighted by molar-refractivity contribution is -0.141. The summed E-state index contributed by atoms with van der Waals surface area (Å²) in [5, 5.41) is 2.26. The topological polar surface area (TPSA) is 90.3 Å². The van der Waals surface area contributed by atoms with Crippen LogP contribution in [0.2, 0.25) is 0 Å². The van der Waals surface area contributed by atoms with E-state index in [9.17, 15) is 26.4 Å². The normalized spacial score (nSPS) is 16.5. The summed E-state index contributed by atoms with van der Waals surface area (Å²) >= 11 is 0. The first-order chi connectivity index (χ1) is 12.9. The van der Waals surface area contributed by atoms with Gasteiger partial charge in [-0.2, -0.15) is 13.2 Å². The van der Waals surface area contributed by atoms with E-state index < -0.39 is 33.0 Å². The van der Waals surface area contributed by atoms with E-state index in [1.165, 1.54) is 29.9 Å². The van der Waals surface area contributed by atoms with E-state index in [2.05, 4.69) is 10.3 Å². The molecule has 0 unspecified atom stereocenters. The second-order valence-corrected chi connectivity index (χ2v) is 9.08. The average Bonchev–Trinajstić information content (AvgIpc) is 2.95. The van der Waals surface area contributed by atoms with Crippen LogP contribution in [0.25, 0.3) is 0 Å². The molecule has 1 aliphatic rings. The number of hydrogen-bond donors (Lipinski definition) is 1. The molecule has 0 saturated carbocycles. The Hall–Kier alpha value is -2.40. The van der Waals surface area contributed by atoms with Gasteiger partial charge in [0.25, 0.3) is 5.91 Å². The molecule has 7 nitrogen and oxygen atoms in total. The van der Waals surface area contributed by atoms with Crippen LogP contribution in [0.15, 0.2) is 35.4 Å². The first-order valence-corrected chi connectivity index (χ1v) is 9.87. The minimum Gasteiger partial charge on any atom is -0.380 e. The maximum Gasteiger partial charge on any atom is 0.433 e. The van der Waals surface area contributed by atoms with Gasteiger partial charge >= 0.3 is 6.18 Å². The third-order valence-electron chi connectivity index (χ3n) is 4.29. The van der Waals surface area contributed by atoms with E-state index in [1.807, 2.05) is 0 Å². The SMILES string of the molecule is Cn1cc(S(=O)(=O)CC2(C)COC2)cc1C(=O)Nc1cccc(C(F)(F)F)n1. The zero-order valence-electron chi connectivity index (χ0n) is 15.1. The largest absolute Gasteiger partial charge is 0.433 e. The first kappa shape index (κ1) is 20.3. The van der Waals surface area contributed by atoms with Crippen LogP contribution in [0, 0.1) is 5.41 Å². The number of halogens is 3. The number of anilines is 1. The number of carbonyl (C=O) groups excluding carboxylic acids is 1. The zero-order valence-corrected chi connectivity index (χ0v) is 15.9. The van der Waals surface area contributed by atoms with Crippen molar-refractivity contribution < 1.29 is 31.1 Å². The number of sulfone groups is 1. The van der Waals surface area contributed by atoms with Crippen molar-refractivity contribution in [2.75, 3.05) is 24.3 Å². The fourth-order valence-electron chi connectivity index (χ4n) is 2.85. The molecule has 0 spiro atoms. The Morgan fingerprint density at radius 2 is 2.04 bits per heavy atom. The predicted molar refractivity (Wildman–Crippen MR) is 93.6 cm³/mol. The Kier molecular flexibility index (Phi) is 5.00. The van der Waals surface area contributed by atoms with Crippen molar-refractivity contribution >= 4 is 21.6 Å². The van der Waals surface area contributed by atoms with Crippen LogP contribution in [-0.2, 0) is 27.8 Å². The van der Waals surface area contributed by atoms with Gasteiger partial charge in [0.05, 0.1) is 23.9 Å². The molecule has 1 saturated heterocycles. The quantitative estimate of drug-likeness (QED) is 0.807. The number of aryl methyl sites for hydroxylation is 1. The molecule has 2 aromatic rings. The van der Waals surface area contributed by atoms with Crippen LogP contribution in [-0.4, -0.2) is 42.8 Å². The van der Waals surface area contributed by atoms with E-state index >= 15 is 0 Å². The molecule has 0 radical (unpaired) electrons. The smallest absolute Gasteiger partial charge is 0.380 e. The minimum absolute atomic E-state index is 0.0206. The molecule has 0 aliphatic carbocycles. The fourth-order valence-corrected chi connectivity index (χ4v) is 4.71. The van der Waals surface area contributed by atoms with Gasteiger partial charge in [0, 0.05) is 18.7 Å². The van der Waals surface area contributed by atoms with Gasteiger partial charge in [-0.15, -0.1) is 0 Å². The van der Waals surface area contributed by atoms with Gasteiger partial charge in [0.2, 0.25) is 0 Å². The number of alkyl halides is 3. The highest BCUT2D eigenvalue weighted by molar-refractivity contribution is 7.91. The number of amides is 1. The van der Waals surface area contributed by atoms with Crippen molar-refractivity contribution in [1.82, 2.24) is 9.55 Å². The molecule has 0 atom stereocenters. The molecule has 152 valence electrons. The molecule has 2 aromatic heterocycles. The highest BCUT2D eigenvalue weighted by atomic mass is 32.2. The van der Waals surface area contributed by atoms with E-state index in [0.717, 1.165) is 12.1 Å². The van der Waals surface area contributed by atoms with Crippen molar-refractivity contribution in [3.05, 3.63) is 41.9 Å². The van der Waals surface area contributed by atoms with E-state index in [0.29, 0.717) is 13.2 Å². The lowest BCUT2D eigenvalue weighted by Gasteiger charge is -2.37. The Balaban J connectivity index is 1.80. The molecule has 3 rings (SSSR count). The Morgan fingerprint density at radius 3 is 2.61 bits per heavy atom. The fraction of sp³-hybridized carbons (Fsp3) is 0.412. The van der Waals surface area contributed by atoms with Gasteiger partial charge in [-0.05, 0) is 18.2 Å². The average molecular weight is 417 g/mol. The van der Waals surface area contributed by atoms with E-state index in [4.69, 9.17) is 4.74 Å². The Morgan fingerprint density at radius 1 is 1.36 bits per heavy atom. The summed E-state index contributed by atoms with van der Waals surface area (Å²) < 4.78 is 69.8. The van der Waals surface area contributed by atoms with Gasteiger partial charge in [-0.25, -0.2) is 13.4 Å². The maximum atomic E-state index is 12.7. The number of pyridine rings is 1. The van der Waals surface area contributed by atoms with Crippen LogP contribution in [0.4, 0.5) is 19.0 Å². The monoisotopic (exact) mass is 417 g/mol. The predicted octanol–water partition coefficient (Wildman–Crippen LogP) is 2.50. The zero-order chi connectivity index (χ0) is 20.7. The maximum absolute atomic E-state index is 12.7. The van der Waals surface area contributed by atoms with Crippen molar-refractivity contribution in [1.29, 1.82) is 0 Å². The van der Waals surface area contributed by atoms with Gasteiger partial charge in [0.1, 0.15) is 17.2 Å². The summed E-state index contributed by atoms with van der Waals surface area (Å²) in [6.07, 6.45) is -3.35. The van der Waals surface area contributed by atoms with Gasteiger partial charge in [0.15, 0.2) is 9.84 Å². The second-order valence-electron chi connectivity index (χ2n) is 7.09. The molecular formula is C17H18F3N3O4S. The lowest BCUT2D eigenvalue weighted by atomic mass is 9.92. The molecule has 3 heterocycles. The molecule has 11 heteroatoms. The number of nitrogens with zero attached hydrogens (tertiary/aromatic N) is 2. The van der Waals surface area contributed by atoms with Gasteiger partial charge in [-0.3, -0.25) is 4.79 Å². The third-order valence-corrected chi connectivity index (χ3v) is 6.31. The van der Waals surface area contributed by atoms with Gasteiger partial charge in [-0.1, -0.05) is 13.0 Å². The number of carbonyl (C=O) groups is 1. The minimum atomic E-state index is -4.64. The van der Waals surface area contributed by atoms with Crippen LogP contribution in [0.1, 0.15) is 23.1 Å². The number of nitrogens with one attached hydrogen (secondary N) is 1. The van der Waals surface area contributed by atoms with Crippen molar-refractivity contribution in [3.8, 4) is 0 Å². The molecule has 1 amide bonds. The van der Waals surface area contributed by atoms with Crippen molar-refractivity contribution in [3.63, 3.8) is 0 Å². The Bertz CT molecular complexity index is 1010. The molecule has 1 N–H and O–H groups in total. The van der Waals surface area contributed by atoms with Crippen LogP contribution in [0.3, 0.4) is 0 Å². The summed E-state index contributed by atoms with van der Waals surface area (Å²) in [6, 6.07) is 4.31. The van der Waals surface area contributed by atoms with E-state index in [1.54, 1.807) is 6.92 Å². The summed E-state index contributed by atoms with van der Waals surface area (Å²) in [7, 11) is -2.18. The number of rotatable bonds is 5. The molecular weight excluding hydrogens is 399 g/mol. The van der Waals surface area contributed by atoms with Crippen LogP contribution in [0.5, 0.6) is 0 Å². The second kappa shape index (κ2) is 6.89. The molecule has 0 aromatic carbocycles. The number of hydrogen-bond acceptors (Lipinski definition) is 5. The number of aromatic nitrogens is 2. The molecule has 28 heavy (non-hydrogen) atoms. The third kappa shape index (κ3) is 4.20. The molecule has 1 aliphatic heterocycles. The summed E-state index contributed by atoms with van der Waals surface area (Å²) in [6.45, 7) is 2.48. The lowest BCUT2D eigenvalue weighted by Crippen LogP contribution is -2.45. The molecule has 0 bridgehead atoms. The highest BCUT2D eigenvalue weighted by Crippen LogP contribution is 2.31. The van der Waals surface area contributed by atoms with Crippen LogP contribution < -0.4 is 5.32 Å². The Labute approximate surface area is 159 Å². The van der Waals surface area contributed by atoms with Gasteiger partial charge < -0.3 is 14.6 Å². The molecule has 1 fully saturated rings.